The molecule has 1 radical (unpaired) electrons. The number of hydrogen-bond acceptors (Lipinski definition) is 8. The number of aromatic nitrogens is 2. The van der Waals surface area contributed by atoms with Gasteiger partial charge in [0.1, 0.15) is 12.3 Å². The summed E-state index contributed by atoms with van der Waals surface area (Å²) in [4.78, 5) is 36.9. The zero-order valence-corrected chi connectivity index (χ0v) is 34.1. The van der Waals surface area contributed by atoms with Crippen molar-refractivity contribution in [2.45, 2.75) is 143 Å². The van der Waals surface area contributed by atoms with Crippen LogP contribution in [0.1, 0.15) is 117 Å². The number of hydrogen-bond donors (Lipinski definition) is 4. The maximum Gasteiger partial charge on any atom is 0.472 e. The molecule has 0 aromatic carbocycles. The van der Waals surface area contributed by atoms with Gasteiger partial charge in [0.05, 0.1) is 24.9 Å². The summed E-state index contributed by atoms with van der Waals surface area (Å²) >= 11 is 0. The first-order chi connectivity index (χ1) is 23.0. The number of fused-ring (bicyclic) bond motifs is 5. The summed E-state index contributed by atoms with van der Waals surface area (Å²) < 4.78 is 31.1. The van der Waals surface area contributed by atoms with Crippen LogP contribution in [0.15, 0.2) is 27.4 Å². The molecule has 5 aliphatic rings. The molecule has 50 heavy (non-hydrogen) atoms. The molecular weight excluding hydrogens is 670 g/mol. The molecule has 0 amide bonds. The van der Waals surface area contributed by atoms with Gasteiger partial charge in [0.2, 0.25) is 0 Å². The molecule has 4 N–H and O–H groups in total. The summed E-state index contributed by atoms with van der Waals surface area (Å²) in [6.45, 7) is 13.1. The summed E-state index contributed by atoms with van der Waals surface area (Å²) in [7, 11) is -4.52. The molecule has 4 fully saturated rings. The van der Waals surface area contributed by atoms with Gasteiger partial charge in [-0.15, -0.1) is 0 Å². The second kappa shape index (κ2) is 15.6. The van der Waals surface area contributed by atoms with Crippen LogP contribution in [0.2, 0.25) is 0 Å². The SMILES string of the molecule is Cc1cn(C2CC(O)C(COP(=O)(O)OC3CCC4(C)C(=CC(O)C5C4CCC4(C)C(C(C)CCCC(C)C)CCC54)C3)O2)c(=O)[nH]c1=O.[Na]. The molecular formula is C37H59N2NaO9P. The molecule has 0 spiro atoms. The zero-order chi connectivity index (χ0) is 35.5. The van der Waals surface area contributed by atoms with Gasteiger partial charge in [0, 0.05) is 47.7 Å². The predicted molar refractivity (Wildman–Crippen MR) is 191 cm³/mol. The average molecular weight is 730 g/mol. The van der Waals surface area contributed by atoms with Crippen LogP contribution in [-0.2, 0) is 18.3 Å². The van der Waals surface area contributed by atoms with Crippen LogP contribution < -0.4 is 11.2 Å². The van der Waals surface area contributed by atoms with Crippen molar-refractivity contribution in [3.63, 3.8) is 0 Å². The van der Waals surface area contributed by atoms with Gasteiger partial charge in [-0.05, 0) is 98.2 Å². The zero-order valence-electron chi connectivity index (χ0n) is 31.2. The van der Waals surface area contributed by atoms with E-state index in [4.69, 9.17) is 13.8 Å². The molecule has 3 saturated carbocycles. The monoisotopic (exact) mass is 729 g/mol. The number of phosphoric acid groups is 1. The van der Waals surface area contributed by atoms with Crippen LogP contribution in [0.4, 0.5) is 0 Å². The minimum absolute atomic E-state index is 0. The Hall–Kier alpha value is -0.590. The normalized spacial score (nSPS) is 39.9. The van der Waals surface area contributed by atoms with Gasteiger partial charge in [0.15, 0.2) is 0 Å². The van der Waals surface area contributed by atoms with Crippen molar-refractivity contribution in [1.82, 2.24) is 9.55 Å². The van der Waals surface area contributed by atoms with Crippen molar-refractivity contribution in [2.24, 2.45) is 46.3 Å². The fourth-order valence-electron chi connectivity index (χ4n) is 11.0. The third kappa shape index (κ3) is 7.94. The van der Waals surface area contributed by atoms with Gasteiger partial charge < -0.3 is 19.8 Å². The molecule has 13 unspecified atom stereocenters. The number of rotatable bonds is 11. The largest absolute Gasteiger partial charge is 0.472 e. The van der Waals surface area contributed by atoms with E-state index in [1.807, 2.05) is 6.08 Å². The first-order valence-corrected chi connectivity index (χ1v) is 20.2. The summed E-state index contributed by atoms with van der Waals surface area (Å²) in [6, 6.07) is 0. The number of phosphoric ester groups is 1. The quantitative estimate of drug-likeness (QED) is 0.129. The minimum atomic E-state index is -4.52. The number of aryl methyl sites for hydroxylation is 1. The molecule has 11 nitrogen and oxygen atoms in total. The first-order valence-electron chi connectivity index (χ1n) is 18.7. The standard InChI is InChI=1S/C37H59N2O9P.Na/c1-21(2)8-7-9-22(3)26-10-11-27-33-28(13-15-37(26,27)6)36(5)14-12-25(16-24(36)17-30(33)41)48-49(44,45)46-20-31-29(40)18-32(47-31)39-19-23(4)34(42)38-35(39)43;/h17,19,21-22,25-33,40-41H,7-16,18,20H2,1-6H3,(H,44,45)(H,38,42,43);. The average Bonchev–Trinajstić information content (AvgIpc) is 3.57. The Balaban J connectivity index is 0.00000486. The molecule has 1 saturated heterocycles. The van der Waals surface area contributed by atoms with Gasteiger partial charge in [-0.2, -0.15) is 0 Å². The molecule has 6 rings (SSSR count). The first kappa shape index (κ1) is 40.6. The Labute approximate surface area is 318 Å². The van der Waals surface area contributed by atoms with Crippen molar-refractivity contribution in [3.05, 3.63) is 44.2 Å². The number of aliphatic hydroxyl groups is 2. The van der Waals surface area contributed by atoms with Gasteiger partial charge in [-0.1, -0.05) is 65.5 Å². The van der Waals surface area contributed by atoms with E-state index in [0.717, 1.165) is 24.3 Å². The number of aliphatic hydroxyl groups excluding tert-OH is 2. The van der Waals surface area contributed by atoms with Gasteiger partial charge in [-0.3, -0.25) is 23.4 Å². The van der Waals surface area contributed by atoms with E-state index in [0.29, 0.717) is 42.1 Å². The number of aromatic amines is 1. The summed E-state index contributed by atoms with van der Waals surface area (Å²) in [5.74, 6) is 3.27. The van der Waals surface area contributed by atoms with E-state index in [9.17, 15) is 29.3 Å². The fraction of sp³-hybridized carbons (Fsp3) is 0.838. The summed E-state index contributed by atoms with van der Waals surface area (Å²) in [5.41, 5.74) is 0.449. The number of H-pyrrole nitrogens is 1. The third-order valence-electron chi connectivity index (χ3n) is 13.6. The van der Waals surface area contributed by atoms with Gasteiger partial charge in [0.25, 0.3) is 5.56 Å². The van der Waals surface area contributed by atoms with Crippen molar-refractivity contribution in [1.29, 1.82) is 0 Å². The number of nitrogens with one attached hydrogen (secondary N) is 1. The van der Waals surface area contributed by atoms with Crippen LogP contribution in [0.25, 0.3) is 0 Å². The molecule has 1 aromatic heterocycles. The number of nitrogens with zero attached hydrogens (tertiary/aromatic N) is 1. The van der Waals surface area contributed by atoms with Crippen LogP contribution in [0.3, 0.4) is 0 Å². The summed E-state index contributed by atoms with van der Waals surface area (Å²) in [6.07, 6.45) is 9.99. The predicted octanol–water partition coefficient (Wildman–Crippen LogP) is 5.63. The van der Waals surface area contributed by atoms with E-state index >= 15 is 0 Å². The van der Waals surface area contributed by atoms with Gasteiger partial charge >= 0.3 is 13.5 Å². The second-order valence-corrected chi connectivity index (χ2v) is 18.5. The van der Waals surface area contributed by atoms with Crippen molar-refractivity contribution in [2.75, 3.05) is 6.61 Å². The molecule has 1 aromatic rings. The second-order valence-electron chi connectivity index (χ2n) is 17.1. The Morgan fingerprint density at radius 3 is 2.54 bits per heavy atom. The third-order valence-corrected chi connectivity index (χ3v) is 14.7. The Morgan fingerprint density at radius 2 is 1.82 bits per heavy atom. The van der Waals surface area contributed by atoms with E-state index in [1.165, 1.54) is 49.3 Å². The van der Waals surface area contributed by atoms with E-state index < -0.39 is 56.3 Å². The van der Waals surface area contributed by atoms with Crippen molar-refractivity contribution < 1.29 is 33.5 Å². The van der Waals surface area contributed by atoms with Crippen LogP contribution in [0.5, 0.6) is 0 Å². The van der Waals surface area contributed by atoms with Crippen molar-refractivity contribution >= 4 is 37.4 Å². The van der Waals surface area contributed by atoms with Crippen LogP contribution >= 0.6 is 7.82 Å². The molecule has 13 heteroatoms. The molecule has 1 aliphatic heterocycles. The fourth-order valence-corrected chi connectivity index (χ4v) is 11.9. The van der Waals surface area contributed by atoms with Crippen molar-refractivity contribution in [3.8, 4) is 0 Å². The van der Waals surface area contributed by atoms with Crippen LogP contribution in [0, 0.1) is 53.3 Å². The van der Waals surface area contributed by atoms with E-state index in [2.05, 4.69) is 39.6 Å². The molecule has 4 aliphatic carbocycles. The van der Waals surface area contributed by atoms with Gasteiger partial charge in [-0.25, -0.2) is 9.36 Å². The molecule has 13 atom stereocenters. The maximum atomic E-state index is 13.1. The Morgan fingerprint density at radius 1 is 1.08 bits per heavy atom. The smallest absolute Gasteiger partial charge is 0.390 e. The topological polar surface area (TPSA) is 160 Å². The Kier molecular flexibility index (Phi) is 12.7. The summed E-state index contributed by atoms with van der Waals surface area (Å²) in [5, 5.41) is 22.3. The maximum absolute atomic E-state index is 13.1. The Bertz CT molecular complexity index is 1560. The van der Waals surface area contributed by atoms with Crippen LogP contribution in [-0.4, -0.2) is 85.2 Å². The van der Waals surface area contributed by atoms with E-state index in [1.54, 1.807) is 6.92 Å². The molecule has 2 heterocycles. The minimum Gasteiger partial charge on any atom is -0.390 e. The molecule has 277 valence electrons. The van der Waals surface area contributed by atoms with E-state index in [-0.39, 0.29) is 52.7 Å². The molecule has 0 bridgehead atoms. The number of ether oxygens (including phenoxy) is 1.